The van der Waals surface area contributed by atoms with Gasteiger partial charge in [0.05, 0.1) is 5.56 Å². The first-order valence-corrected chi connectivity index (χ1v) is 6.62. The first kappa shape index (κ1) is 13.5. The van der Waals surface area contributed by atoms with Crippen LogP contribution < -0.4 is 0 Å². The fraction of sp³-hybridized carbons (Fsp3) is 0.231. The van der Waals surface area contributed by atoms with Crippen molar-refractivity contribution in [2.75, 3.05) is 0 Å². The van der Waals surface area contributed by atoms with Gasteiger partial charge in [-0.25, -0.2) is 19.7 Å². The van der Waals surface area contributed by atoms with E-state index in [4.69, 9.17) is 5.11 Å². The summed E-state index contributed by atoms with van der Waals surface area (Å²) in [5.41, 5.74) is 1.16. The van der Waals surface area contributed by atoms with Crippen molar-refractivity contribution in [3.63, 3.8) is 0 Å². The number of hydrogen-bond acceptors (Lipinski definition) is 5. The van der Waals surface area contributed by atoms with Crippen LogP contribution in [0.25, 0.3) is 0 Å². The zero-order chi connectivity index (χ0) is 13.8. The second-order valence-electron chi connectivity index (χ2n) is 3.89. The summed E-state index contributed by atoms with van der Waals surface area (Å²) in [6.07, 6.45) is 2.20. The zero-order valence-electron chi connectivity index (χ0n) is 10.6. The second-order valence-corrected chi connectivity index (χ2v) is 4.93. The van der Waals surface area contributed by atoms with Gasteiger partial charge in [0, 0.05) is 11.9 Å². The highest BCUT2D eigenvalue weighted by atomic mass is 32.2. The number of carboxylic acid groups (broad SMARTS) is 1. The van der Waals surface area contributed by atoms with E-state index >= 15 is 0 Å². The van der Waals surface area contributed by atoms with E-state index < -0.39 is 5.97 Å². The SMILES string of the molecule is CCc1cc(Sc2ccc(C(=O)O)cn2)nc(C)n1. The third-order valence-corrected chi connectivity index (χ3v) is 3.29. The average Bonchev–Trinajstić information content (AvgIpc) is 2.38. The Bertz CT molecular complexity index is 599. The highest BCUT2D eigenvalue weighted by Gasteiger charge is 2.06. The summed E-state index contributed by atoms with van der Waals surface area (Å²) in [6, 6.07) is 5.13. The zero-order valence-corrected chi connectivity index (χ0v) is 11.4. The van der Waals surface area contributed by atoms with E-state index in [1.807, 2.05) is 19.9 Å². The lowest BCUT2D eigenvalue weighted by Gasteiger charge is -2.04. The molecule has 0 aliphatic carbocycles. The van der Waals surface area contributed by atoms with E-state index in [9.17, 15) is 4.79 Å². The molecule has 0 bridgehead atoms. The Morgan fingerprint density at radius 1 is 1.32 bits per heavy atom. The van der Waals surface area contributed by atoms with Gasteiger partial charge < -0.3 is 5.11 Å². The molecule has 0 saturated heterocycles. The lowest BCUT2D eigenvalue weighted by Crippen LogP contribution is -1.98. The Labute approximate surface area is 115 Å². The monoisotopic (exact) mass is 275 g/mol. The molecule has 5 nitrogen and oxygen atoms in total. The Morgan fingerprint density at radius 3 is 2.68 bits per heavy atom. The van der Waals surface area contributed by atoms with Gasteiger partial charge in [-0.3, -0.25) is 0 Å². The minimum absolute atomic E-state index is 0.178. The van der Waals surface area contributed by atoms with E-state index in [0.29, 0.717) is 5.03 Å². The van der Waals surface area contributed by atoms with Gasteiger partial charge in [-0.1, -0.05) is 6.92 Å². The van der Waals surface area contributed by atoms with Crippen LogP contribution in [0.4, 0.5) is 0 Å². The molecule has 0 aliphatic rings. The van der Waals surface area contributed by atoms with Crippen molar-refractivity contribution in [1.82, 2.24) is 15.0 Å². The maximum Gasteiger partial charge on any atom is 0.337 e. The Morgan fingerprint density at radius 2 is 2.11 bits per heavy atom. The minimum atomic E-state index is -0.977. The van der Waals surface area contributed by atoms with E-state index in [1.165, 1.54) is 24.0 Å². The molecule has 0 amide bonds. The number of nitrogens with zero attached hydrogens (tertiary/aromatic N) is 3. The van der Waals surface area contributed by atoms with E-state index in [0.717, 1.165) is 23.0 Å². The molecule has 6 heteroatoms. The van der Waals surface area contributed by atoms with Crippen LogP contribution in [0.5, 0.6) is 0 Å². The second kappa shape index (κ2) is 5.79. The highest BCUT2D eigenvalue weighted by molar-refractivity contribution is 7.99. The summed E-state index contributed by atoms with van der Waals surface area (Å²) in [7, 11) is 0. The molecule has 2 rings (SSSR count). The molecular formula is C13H13N3O2S. The number of hydrogen-bond donors (Lipinski definition) is 1. The average molecular weight is 275 g/mol. The first-order chi connectivity index (χ1) is 9.08. The lowest BCUT2D eigenvalue weighted by atomic mass is 10.3. The normalized spacial score (nSPS) is 10.4. The number of aromatic nitrogens is 3. The van der Waals surface area contributed by atoms with Crippen molar-refractivity contribution < 1.29 is 9.90 Å². The van der Waals surface area contributed by atoms with Crippen LogP contribution in [0.3, 0.4) is 0 Å². The fourth-order valence-corrected chi connectivity index (χ4v) is 2.34. The molecule has 0 aliphatic heterocycles. The maximum atomic E-state index is 10.7. The van der Waals surface area contributed by atoms with Crippen LogP contribution >= 0.6 is 11.8 Å². The summed E-state index contributed by atoms with van der Waals surface area (Å²) in [6.45, 7) is 3.89. The van der Waals surface area contributed by atoms with Crippen molar-refractivity contribution >= 4 is 17.7 Å². The lowest BCUT2D eigenvalue weighted by molar-refractivity contribution is 0.0696. The highest BCUT2D eigenvalue weighted by Crippen LogP contribution is 2.24. The van der Waals surface area contributed by atoms with Crippen molar-refractivity contribution in [2.45, 2.75) is 30.3 Å². The number of carboxylic acids is 1. The first-order valence-electron chi connectivity index (χ1n) is 5.80. The molecule has 1 N–H and O–H groups in total. The van der Waals surface area contributed by atoms with Gasteiger partial charge in [-0.15, -0.1) is 0 Å². The quantitative estimate of drug-likeness (QED) is 0.864. The molecule has 0 unspecified atom stereocenters. The number of aromatic carboxylic acids is 1. The third-order valence-electron chi connectivity index (χ3n) is 2.42. The number of carbonyl (C=O) groups is 1. The summed E-state index contributed by atoms with van der Waals surface area (Å²) in [4.78, 5) is 23.5. The molecule has 0 saturated carbocycles. The molecule has 2 aromatic heterocycles. The molecule has 0 aromatic carbocycles. The number of aryl methyl sites for hydroxylation is 2. The van der Waals surface area contributed by atoms with Crippen LogP contribution in [0.15, 0.2) is 34.4 Å². The van der Waals surface area contributed by atoms with Crippen molar-refractivity contribution in [1.29, 1.82) is 0 Å². The van der Waals surface area contributed by atoms with Crippen LogP contribution in [-0.4, -0.2) is 26.0 Å². The fourth-order valence-electron chi connectivity index (χ4n) is 1.51. The molecule has 0 spiro atoms. The van der Waals surface area contributed by atoms with Crippen LogP contribution in [-0.2, 0) is 6.42 Å². The Kier molecular flexibility index (Phi) is 4.11. The van der Waals surface area contributed by atoms with Gasteiger partial charge >= 0.3 is 5.97 Å². The van der Waals surface area contributed by atoms with E-state index in [2.05, 4.69) is 15.0 Å². The van der Waals surface area contributed by atoms with Crippen LogP contribution in [0, 0.1) is 6.92 Å². The molecule has 0 radical (unpaired) electrons. The maximum absolute atomic E-state index is 10.7. The molecule has 98 valence electrons. The van der Waals surface area contributed by atoms with Gasteiger partial charge in [0.15, 0.2) is 0 Å². The molecule has 0 atom stereocenters. The minimum Gasteiger partial charge on any atom is -0.478 e. The summed E-state index contributed by atoms with van der Waals surface area (Å²) in [5.74, 6) is -0.251. The van der Waals surface area contributed by atoms with Crippen LogP contribution in [0.2, 0.25) is 0 Å². The molecule has 19 heavy (non-hydrogen) atoms. The Balaban J connectivity index is 2.21. The van der Waals surface area contributed by atoms with Crippen molar-refractivity contribution in [3.8, 4) is 0 Å². The van der Waals surface area contributed by atoms with Crippen LogP contribution in [0.1, 0.15) is 28.8 Å². The molecule has 2 heterocycles. The van der Waals surface area contributed by atoms with Gasteiger partial charge in [0.25, 0.3) is 0 Å². The standard InChI is InChI=1S/C13H13N3O2S/c1-3-10-6-12(16-8(2)15-10)19-11-5-4-9(7-14-11)13(17)18/h4-7H,3H2,1-2H3,(H,17,18). The predicted octanol–water partition coefficient (Wildman–Crippen LogP) is 2.59. The predicted molar refractivity (Wildman–Crippen MR) is 71.5 cm³/mol. The summed E-state index contributed by atoms with van der Waals surface area (Å²) < 4.78 is 0. The molecule has 2 aromatic rings. The topological polar surface area (TPSA) is 76.0 Å². The third kappa shape index (κ3) is 3.51. The van der Waals surface area contributed by atoms with Crippen molar-refractivity contribution in [3.05, 3.63) is 41.5 Å². The molecular weight excluding hydrogens is 262 g/mol. The van der Waals surface area contributed by atoms with Gasteiger partial charge in [0.1, 0.15) is 15.9 Å². The van der Waals surface area contributed by atoms with E-state index in [1.54, 1.807) is 6.07 Å². The number of pyridine rings is 1. The summed E-state index contributed by atoms with van der Waals surface area (Å²) >= 11 is 1.40. The largest absolute Gasteiger partial charge is 0.478 e. The summed E-state index contributed by atoms with van der Waals surface area (Å²) in [5, 5.41) is 10.3. The van der Waals surface area contributed by atoms with Gasteiger partial charge in [-0.05, 0) is 43.3 Å². The number of rotatable bonds is 4. The van der Waals surface area contributed by atoms with Crippen molar-refractivity contribution in [2.24, 2.45) is 0 Å². The van der Waals surface area contributed by atoms with Gasteiger partial charge in [0.2, 0.25) is 0 Å². The smallest absolute Gasteiger partial charge is 0.337 e. The van der Waals surface area contributed by atoms with Gasteiger partial charge in [-0.2, -0.15) is 0 Å². The Hall–Kier alpha value is -1.95. The van der Waals surface area contributed by atoms with E-state index in [-0.39, 0.29) is 5.56 Å². The molecule has 0 fully saturated rings.